The molecule has 1 atom stereocenters. The van der Waals surface area contributed by atoms with Crippen molar-refractivity contribution in [2.45, 2.75) is 58.9 Å². The molecule has 0 heterocycles. The molecular weight excluding hydrogens is 216 g/mol. The summed E-state index contributed by atoms with van der Waals surface area (Å²) in [6, 6.07) is 0. The lowest BCUT2D eigenvalue weighted by molar-refractivity contribution is -0.105. The van der Waals surface area contributed by atoms with Gasteiger partial charge in [0.15, 0.2) is 8.32 Å². The van der Waals surface area contributed by atoms with E-state index in [0.29, 0.717) is 5.57 Å². The smallest absolute Gasteiger partial charge is 0.192 e. The summed E-state index contributed by atoms with van der Waals surface area (Å²) in [5.41, 5.74) is 0.555. The number of hydrogen-bond acceptors (Lipinski definition) is 2. The zero-order chi connectivity index (χ0) is 13.1. The number of rotatable bonds is 5. The van der Waals surface area contributed by atoms with Gasteiger partial charge in [-0.05, 0) is 24.1 Å². The van der Waals surface area contributed by atoms with E-state index in [1.54, 1.807) is 0 Å². The fourth-order valence-corrected chi connectivity index (χ4v) is 2.61. The normalized spacial score (nSPS) is 15.0. The fraction of sp³-hybridized carbons (Fsp3) is 0.769. The molecule has 0 saturated carbocycles. The van der Waals surface area contributed by atoms with Crippen molar-refractivity contribution in [3.8, 4) is 0 Å². The number of carbonyl (C=O) groups is 1. The van der Waals surface area contributed by atoms with Crippen LogP contribution in [0, 0.1) is 5.92 Å². The van der Waals surface area contributed by atoms with Crippen LogP contribution in [-0.4, -0.2) is 20.7 Å². The summed E-state index contributed by atoms with van der Waals surface area (Å²) in [5.74, 6) is 0.284. The molecule has 0 spiro atoms. The Morgan fingerprint density at radius 2 is 1.75 bits per heavy atom. The molecule has 0 aromatic rings. The van der Waals surface area contributed by atoms with E-state index in [1.807, 2.05) is 0 Å². The number of carbonyl (C=O) groups excluding carboxylic acids is 1. The molecule has 0 rings (SSSR count). The summed E-state index contributed by atoms with van der Waals surface area (Å²) < 4.78 is 6.22. The van der Waals surface area contributed by atoms with Gasteiger partial charge in [0.1, 0.15) is 6.29 Å². The average molecular weight is 242 g/mol. The van der Waals surface area contributed by atoms with E-state index in [0.717, 1.165) is 6.29 Å². The monoisotopic (exact) mass is 242 g/mol. The molecule has 0 fully saturated rings. The summed E-state index contributed by atoms with van der Waals surface area (Å²) in [4.78, 5) is 10.8. The molecule has 3 heteroatoms. The van der Waals surface area contributed by atoms with Gasteiger partial charge in [-0.3, -0.25) is 4.79 Å². The topological polar surface area (TPSA) is 26.3 Å². The molecule has 0 radical (unpaired) electrons. The van der Waals surface area contributed by atoms with E-state index in [2.05, 4.69) is 54.3 Å². The van der Waals surface area contributed by atoms with Crippen molar-refractivity contribution < 1.29 is 9.22 Å². The minimum Gasteiger partial charge on any atom is -0.410 e. The first-order chi connectivity index (χ1) is 7.03. The Bertz CT molecular complexity index is 262. The first-order valence-electron chi connectivity index (χ1n) is 5.84. The summed E-state index contributed by atoms with van der Waals surface area (Å²) in [5, 5.41) is 0.156. The molecule has 0 aromatic heterocycles. The second kappa shape index (κ2) is 5.28. The third-order valence-electron chi connectivity index (χ3n) is 3.35. The predicted octanol–water partition coefficient (Wildman–Crippen LogP) is 3.79. The third kappa shape index (κ3) is 3.87. The van der Waals surface area contributed by atoms with Crippen molar-refractivity contribution in [2.24, 2.45) is 5.92 Å². The Hall–Kier alpha value is -0.413. The first-order valence-corrected chi connectivity index (χ1v) is 8.75. The van der Waals surface area contributed by atoms with E-state index in [1.165, 1.54) is 0 Å². The Balaban J connectivity index is 4.90. The molecule has 0 amide bonds. The van der Waals surface area contributed by atoms with Crippen molar-refractivity contribution in [2.75, 3.05) is 0 Å². The Morgan fingerprint density at radius 1 is 1.31 bits per heavy atom. The molecule has 0 unspecified atom stereocenters. The zero-order valence-electron chi connectivity index (χ0n) is 11.8. The van der Waals surface area contributed by atoms with Crippen LogP contribution in [0.15, 0.2) is 12.2 Å². The van der Waals surface area contributed by atoms with Crippen LogP contribution < -0.4 is 0 Å². The first kappa shape index (κ1) is 15.6. The second-order valence-electron chi connectivity index (χ2n) is 6.24. The summed E-state index contributed by atoms with van der Waals surface area (Å²) in [6.45, 7) is 18.9. The van der Waals surface area contributed by atoms with Crippen LogP contribution in [-0.2, 0) is 9.22 Å². The molecule has 2 nitrogen and oxygen atoms in total. The molecule has 0 saturated heterocycles. The van der Waals surface area contributed by atoms with Crippen LogP contribution in [0.2, 0.25) is 18.1 Å². The van der Waals surface area contributed by atoms with Crippen molar-refractivity contribution in [3.63, 3.8) is 0 Å². The van der Waals surface area contributed by atoms with Crippen molar-refractivity contribution in [3.05, 3.63) is 12.2 Å². The largest absolute Gasteiger partial charge is 0.410 e. The zero-order valence-corrected chi connectivity index (χ0v) is 12.8. The van der Waals surface area contributed by atoms with Crippen LogP contribution in [0.5, 0.6) is 0 Å². The Labute approximate surface area is 101 Å². The van der Waals surface area contributed by atoms with Gasteiger partial charge in [0.2, 0.25) is 0 Å². The Kier molecular flexibility index (Phi) is 5.14. The standard InChI is InChI=1S/C13H26O2Si/c1-10(2)12(11(3)9-14)15-16(7,8)13(4,5)6/h9-10,12H,3H2,1-2,4-8H3/t12-/m0/s1. The van der Waals surface area contributed by atoms with Gasteiger partial charge >= 0.3 is 0 Å². The van der Waals surface area contributed by atoms with Gasteiger partial charge < -0.3 is 4.43 Å². The van der Waals surface area contributed by atoms with E-state index < -0.39 is 8.32 Å². The van der Waals surface area contributed by atoms with Gasteiger partial charge in [0.25, 0.3) is 0 Å². The summed E-state index contributed by atoms with van der Waals surface area (Å²) in [6.07, 6.45) is 0.677. The van der Waals surface area contributed by atoms with E-state index in [9.17, 15) is 4.79 Å². The highest BCUT2D eigenvalue weighted by Crippen LogP contribution is 2.38. The van der Waals surface area contributed by atoms with Crippen molar-refractivity contribution in [1.82, 2.24) is 0 Å². The SMILES string of the molecule is C=C(C=O)[C@@H](O[Si](C)(C)C(C)(C)C)C(C)C. The second-order valence-corrected chi connectivity index (χ2v) is 11.0. The van der Waals surface area contributed by atoms with E-state index in [-0.39, 0.29) is 17.1 Å². The van der Waals surface area contributed by atoms with E-state index >= 15 is 0 Å². The Morgan fingerprint density at radius 3 is 2.00 bits per heavy atom. The van der Waals surface area contributed by atoms with Crippen LogP contribution in [0.3, 0.4) is 0 Å². The van der Waals surface area contributed by atoms with Crippen LogP contribution in [0.4, 0.5) is 0 Å². The quantitative estimate of drug-likeness (QED) is 0.416. The maximum Gasteiger partial charge on any atom is 0.192 e. The van der Waals surface area contributed by atoms with Crippen LogP contribution in [0.25, 0.3) is 0 Å². The molecule has 16 heavy (non-hydrogen) atoms. The van der Waals surface area contributed by atoms with Crippen molar-refractivity contribution in [1.29, 1.82) is 0 Å². The van der Waals surface area contributed by atoms with Gasteiger partial charge in [0, 0.05) is 5.57 Å². The molecule has 0 aliphatic carbocycles. The van der Waals surface area contributed by atoms with Gasteiger partial charge in [-0.1, -0.05) is 41.2 Å². The summed E-state index contributed by atoms with van der Waals surface area (Å²) in [7, 11) is -1.83. The maximum atomic E-state index is 10.8. The van der Waals surface area contributed by atoms with Crippen LogP contribution >= 0.6 is 0 Å². The number of aldehydes is 1. The molecule has 0 aliphatic rings. The molecule has 0 bridgehead atoms. The lowest BCUT2D eigenvalue weighted by atomic mass is 10.0. The predicted molar refractivity (Wildman–Crippen MR) is 72.1 cm³/mol. The molecule has 0 aliphatic heterocycles. The van der Waals surface area contributed by atoms with Gasteiger partial charge in [-0.2, -0.15) is 0 Å². The highest BCUT2D eigenvalue weighted by molar-refractivity contribution is 6.74. The van der Waals surface area contributed by atoms with Crippen molar-refractivity contribution >= 4 is 14.6 Å². The number of hydrogen-bond donors (Lipinski definition) is 0. The van der Waals surface area contributed by atoms with Crippen LogP contribution in [0.1, 0.15) is 34.6 Å². The molecule has 94 valence electrons. The summed E-state index contributed by atoms with van der Waals surface area (Å²) >= 11 is 0. The highest BCUT2D eigenvalue weighted by Gasteiger charge is 2.40. The van der Waals surface area contributed by atoms with E-state index in [4.69, 9.17) is 4.43 Å². The fourth-order valence-electron chi connectivity index (χ4n) is 1.20. The lowest BCUT2D eigenvalue weighted by Gasteiger charge is -2.40. The maximum absolute atomic E-state index is 10.8. The molecule has 0 N–H and O–H groups in total. The minimum atomic E-state index is -1.83. The van der Waals surface area contributed by atoms with Gasteiger partial charge in [0.05, 0.1) is 6.10 Å². The van der Waals surface area contributed by atoms with Gasteiger partial charge in [-0.15, -0.1) is 0 Å². The third-order valence-corrected chi connectivity index (χ3v) is 7.81. The minimum absolute atomic E-state index is 0.140. The van der Waals surface area contributed by atoms with Gasteiger partial charge in [-0.25, -0.2) is 0 Å². The lowest BCUT2D eigenvalue weighted by Crippen LogP contribution is -2.45. The highest BCUT2D eigenvalue weighted by atomic mass is 28.4. The molecule has 0 aromatic carbocycles. The molecular formula is C13H26O2Si. The average Bonchev–Trinajstić information content (AvgIpc) is 2.10.